The number of nitroso groups, excluding NO2 is 1. The van der Waals surface area contributed by atoms with E-state index in [4.69, 9.17) is 4.91 Å². The third kappa shape index (κ3) is 368. The summed E-state index contributed by atoms with van der Waals surface area (Å²) < 4.78 is 0. The quantitative estimate of drug-likeness (QED) is 0.164. The van der Waals surface area contributed by atoms with E-state index in [1.165, 1.54) is 0 Å². The number of hydrogen-bond acceptors (Lipinski definition) is 2. The molecule has 0 aliphatic heterocycles. The molecule has 0 saturated heterocycles. The van der Waals surface area contributed by atoms with Gasteiger partial charge in [0, 0.05) is 5.29 Å². The van der Waals surface area contributed by atoms with Crippen LogP contribution in [0.2, 0.25) is 0 Å². The van der Waals surface area contributed by atoms with Crippen molar-refractivity contribution in [3.63, 3.8) is 0 Å². The molecule has 24 valence electrons. The molecule has 0 heterocycles. The normalized spacial score (nSPS) is 3.00. The van der Waals surface area contributed by atoms with Crippen LogP contribution in [-0.2, 0) is 0 Å². The van der Waals surface area contributed by atoms with E-state index in [2.05, 4.69) is 5.84 Å². The van der Waals surface area contributed by atoms with E-state index in [1.54, 1.807) is 5.29 Å². The monoisotopic (exact) mass is 76.0 g/mol. The highest BCUT2D eigenvalue weighted by molar-refractivity contribution is 5.75. The van der Waals surface area contributed by atoms with Crippen LogP contribution >= 0.6 is 0 Å². The van der Waals surface area contributed by atoms with Gasteiger partial charge in [-0.25, -0.2) is 0 Å². The maximum absolute atomic E-state index is 8.33. The smallest absolute Gasteiger partial charge is 0.187 e. The molecule has 0 saturated carbocycles. The fourth-order valence-electron chi connectivity index (χ4n) is 0. The molecule has 0 aliphatic carbocycles. The molecule has 0 fully saturated rings. The molecule has 0 aromatic rings. The molecule has 0 aliphatic rings. The van der Waals surface area contributed by atoms with Crippen molar-refractivity contribution in [1.29, 1.82) is 0 Å². The fourth-order valence-corrected chi connectivity index (χ4v) is 0. The molecule has 0 aromatic carbocycles. The topological polar surface area (TPSA) is 55.4 Å². The van der Waals surface area contributed by atoms with Gasteiger partial charge in [0.05, 0.1) is 0 Å². The van der Waals surface area contributed by atoms with Gasteiger partial charge >= 0.3 is 0 Å². The van der Waals surface area contributed by atoms with Crippen LogP contribution < -0.4 is 5.84 Å². The van der Waals surface area contributed by atoms with E-state index in [1.807, 2.05) is 0 Å². The van der Waals surface area contributed by atoms with Crippen molar-refractivity contribution in [2.75, 3.05) is 0 Å². The third-order valence-corrected chi connectivity index (χ3v) is 0. The van der Waals surface area contributed by atoms with Crippen molar-refractivity contribution in [2.45, 2.75) is 0 Å². The van der Waals surface area contributed by atoms with Gasteiger partial charge in [-0.05, 0) is 0 Å². The van der Waals surface area contributed by atoms with Crippen LogP contribution in [-0.4, -0.2) is 17.4 Å². The van der Waals surface area contributed by atoms with E-state index in [9.17, 15) is 0 Å². The highest BCUT2D eigenvalue weighted by atomic mass is 27.0. The van der Waals surface area contributed by atoms with Gasteiger partial charge in [-0.3, -0.25) is 5.84 Å². The van der Waals surface area contributed by atoms with E-state index in [-0.39, 0.29) is 17.4 Å². The Morgan fingerprint density at radius 2 is 1.75 bits per heavy atom. The summed E-state index contributed by atoms with van der Waals surface area (Å²) in [5.41, 5.74) is 0. The maximum atomic E-state index is 8.33. The van der Waals surface area contributed by atoms with Gasteiger partial charge in [0.15, 0.2) is 17.4 Å². The predicted molar refractivity (Wildman–Crippen MR) is 19.9 cm³/mol. The first kappa shape index (κ1) is 9.06. The van der Waals surface area contributed by atoms with Crippen molar-refractivity contribution in [1.82, 2.24) is 0 Å². The van der Waals surface area contributed by atoms with E-state index < -0.39 is 0 Å². The van der Waals surface area contributed by atoms with E-state index >= 15 is 0 Å². The standard InChI is InChI=1S/Al.H2N2O.3H/c;1-2-3;;;/h;(H2,1,3);;;. The molecule has 0 spiro atoms. The average Bonchev–Trinajstić information content (AvgIpc) is 0.918. The summed E-state index contributed by atoms with van der Waals surface area (Å²) in [5.74, 6) is 3.92. The summed E-state index contributed by atoms with van der Waals surface area (Å²) >= 11 is 0. The van der Waals surface area contributed by atoms with Crippen molar-refractivity contribution < 1.29 is 0 Å². The molecule has 0 aromatic heterocycles. The minimum absolute atomic E-state index is 0. The molecular weight excluding hydrogens is 71.0 g/mol. The number of nitrogens with two attached hydrogens (primary N) is 1. The fraction of sp³-hybridized carbons (Fsp3) is 0. The SMILES string of the molecule is NN=O.[AlH3]. The van der Waals surface area contributed by atoms with Gasteiger partial charge in [-0.1, -0.05) is 0 Å². The zero-order valence-electron chi connectivity index (χ0n) is 1.43. The second-order valence-electron chi connectivity index (χ2n) is 0.105. The zero-order chi connectivity index (χ0) is 2.71. The van der Waals surface area contributed by atoms with Crippen LogP contribution in [0.4, 0.5) is 0 Å². The lowest BCUT2D eigenvalue weighted by Crippen LogP contribution is -1.66. The highest BCUT2D eigenvalue weighted by Gasteiger charge is 1.14. The molecule has 0 atom stereocenters. The summed E-state index contributed by atoms with van der Waals surface area (Å²) in [7, 11) is 0. The zero-order valence-corrected chi connectivity index (χ0v) is 1.43. The Morgan fingerprint density at radius 3 is 1.75 bits per heavy atom. The van der Waals surface area contributed by atoms with Crippen molar-refractivity contribution in [3.8, 4) is 0 Å². The molecular formula is H5AlN2O. The Kier molecular flexibility index (Phi) is 28.5. The van der Waals surface area contributed by atoms with Gasteiger partial charge in [-0.2, -0.15) is 0 Å². The van der Waals surface area contributed by atoms with Gasteiger partial charge in [-0.15, -0.1) is 4.91 Å². The largest absolute Gasteiger partial charge is 0.287 e. The Bertz CT molecular complexity index is 13.5. The van der Waals surface area contributed by atoms with Crippen molar-refractivity contribution in [2.24, 2.45) is 11.1 Å². The van der Waals surface area contributed by atoms with E-state index in [0.717, 1.165) is 0 Å². The average molecular weight is 76.0 g/mol. The van der Waals surface area contributed by atoms with Crippen molar-refractivity contribution >= 4 is 17.4 Å². The first-order valence-corrected chi connectivity index (χ1v) is 0.441. The van der Waals surface area contributed by atoms with Gasteiger partial charge < -0.3 is 0 Å². The Labute approximate surface area is 34.3 Å². The van der Waals surface area contributed by atoms with Crippen LogP contribution in [0.5, 0.6) is 0 Å². The van der Waals surface area contributed by atoms with Crippen LogP contribution in [0.25, 0.3) is 0 Å². The van der Waals surface area contributed by atoms with Crippen LogP contribution in [0.1, 0.15) is 0 Å². The second-order valence-corrected chi connectivity index (χ2v) is 0.105. The lowest BCUT2D eigenvalue weighted by Gasteiger charge is -1.33. The molecule has 2 N–H and O–H groups in total. The summed E-state index contributed by atoms with van der Waals surface area (Å²) in [6.45, 7) is 0. The maximum Gasteiger partial charge on any atom is 0.187 e. The summed E-state index contributed by atoms with van der Waals surface area (Å²) in [4.78, 5) is 8.33. The molecule has 4 heteroatoms. The first-order valence-electron chi connectivity index (χ1n) is 0.441. The molecule has 0 radical (unpaired) electrons. The third-order valence-electron chi connectivity index (χ3n) is 0. The first-order chi connectivity index (χ1) is 1.41. The number of nitrogens with zero attached hydrogens (tertiary/aromatic N) is 1. The molecule has 0 unspecified atom stereocenters. The number of rotatable bonds is 0. The van der Waals surface area contributed by atoms with E-state index in [0.29, 0.717) is 0 Å². The summed E-state index contributed by atoms with van der Waals surface area (Å²) in [5, 5.41) is 1.75. The molecule has 3 nitrogen and oxygen atoms in total. The number of hydrogen-bond donors (Lipinski definition) is 1. The molecule has 0 bridgehead atoms. The van der Waals surface area contributed by atoms with Crippen LogP contribution in [0.3, 0.4) is 0 Å². The minimum Gasteiger partial charge on any atom is -0.287 e. The lowest BCUT2D eigenvalue weighted by molar-refractivity contribution is 1.23. The van der Waals surface area contributed by atoms with Crippen molar-refractivity contribution in [3.05, 3.63) is 4.91 Å². The molecule has 0 rings (SSSR count). The Hall–Kier alpha value is -0.0675. The molecule has 0 amide bonds. The highest BCUT2D eigenvalue weighted by Crippen LogP contribution is 1.12. The van der Waals surface area contributed by atoms with Crippen LogP contribution in [0.15, 0.2) is 5.29 Å². The van der Waals surface area contributed by atoms with Gasteiger partial charge in [0.2, 0.25) is 0 Å². The minimum atomic E-state index is 0. The predicted octanol–water partition coefficient (Wildman–Crippen LogP) is -1.56. The Balaban J connectivity index is 0. The molecule has 4 heavy (non-hydrogen) atoms. The van der Waals surface area contributed by atoms with Gasteiger partial charge in [0.25, 0.3) is 0 Å². The summed E-state index contributed by atoms with van der Waals surface area (Å²) in [6, 6.07) is 0. The summed E-state index contributed by atoms with van der Waals surface area (Å²) in [6.07, 6.45) is 0. The van der Waals surface area contributed by atoms with Crippen LogP contribution in [0, 0.1) is 4.91 Å². The Morgan fingerprint density at radius 1 is 1.75 bits per heavy atom. The van der Waals surface area contributed by atoms with Gasteiger partial charge in [0.1, 0.15) is 0 Å². The lowest BCUT2D eigenvalue weighted by atomic mass is 12.9. The second kappa shape index (κ2) is 12.6.